The maximum Gasteiger partial charge on any atom is 0.419 e. The van der Waals surface area contributed by atoms with Crippen LogP contribution < -0.4 is 0 Å². The summed E-state index contributed by atoms with van der Waals surface area (Å²) in [6.07, 6.45) is -5.17. The van der Waals surface area contributed by atoms with Crippen molar-refractivity contribution in [1.82, 2.24) is 4.98 Å². The van der Waals surface area contributed by atoms with Gasteiger partial charge in [-0.25, -0.2) is 4.39 Å². The van der Waals surface area contributed by atoms with Crippen molar-refractivity contribution in [2.75, 3.05) is 0 Å². The van der Waals surface area contributed by atoms with Gasteiger partial charge in [0.05, 0.1) is 11.2 Å². The van der Waals surface area contributed by atoms with Crippen LogP contribution in [-0.4, -0.2) is 15.5 Å². The van der Waals surface area contributed by atoms with Crippen LogP contribution in [-0.2, 0) is 21.7 Å². The highest BCUT2D eigenvalue weighted by atomic mass is 79.9. The second-order valence-electron chi connectivity index (χ2n) is 8.84. The van der Waals surface area contributed by atoms with Crippen LogP contribution in [0.15, 0.2) is 46.9 Å². The highest BCUT2D eigenvalue weighted by molar-refractivity contribution is 9.10. The molecule has 3 aromatic rings. The smallest absolute Gasteiger partial charge is 0.357 e. The molecule has 2 atom stereocenters. The Morgan fingerprint density at radius 1 is 1.15 bits per heavy atom. The van der Waals surface area contributed by atoms with Crippen molar-refractivity contribution in [3.8, 4) is 0 Å². The van der Waals surface area contributed by atoms with E-state index in [2.05, 4.69) is 20.9 Å². The number of para-hydroxylation sites is 1. The maximum absolute atomic E-state index is 13.8. The molecule has 1 heterocycles. The van der Waals surface area contributed by atoms with Crippen molar-refractivity contribution >= 4 is 34.4 Å². The molecule has 0 saturated carbocycles. The lowest BCUT2D eigenvalue weighted by Gasteiger charge is -2.34. The van der Waals surface area contributed by atoms with Gasteiger partial charge in [0.2, 0.25) is 0 Å². The molecule has 2 unspecified atom stereocenters. The van der Waals surface area contributed by atoms with Crippen molar-refractivity contribution in [3.05, 3.63) is 69.6 Å². The summed E-state index contributed by atoms with van der Waals surface area (Å²) < 4.78 is 73.4. The van der Waals surface area contributed by atoms with Gasteiger partial charge >= 0.3 is 13.8 Å². The van der Waals surface area contributed by atoms with E-state index < -0.39 is 36.4 Å². The van der Waals surface area contributed by atoms with Gasteiger partial charge in [0.15, 0.2) is 0 Å². The summed E-state index contributed by atoms with van der Waals surface area (Å²) in [4.78, 5) is 14.2. The van der Waals surface area contributed by atoms with E-state index >= 15 is 0 Å². The van der Waals surface area contributed by atoms with Crippen molar-refractivity contribution < 1.29 is 31.5 Å². The minimum Gasteiger partial charge on any atom is -0.357 e. The number of fused-ring (bicyclic) bond motifs is 1. The summed E-state index contributed by atoms with van der Waals surface area (Å²) in [5.74, 6) is -1.52. The molecule has 33 heavy (non-hydrogen) atoms. The van der Waals surface area contributed by atoms with Gasteiger partial charge in [-0.05, 0) is 65.9 Å². The molecule has 2 aromatic carbocycles. The number of hydrogen-bond donors (Lipinski definition) is 2. The Hall–Kier alpha value is -1.67. The van der Waals surface area contributed by atoms with Gasteiger partial charge in [-0.1, -0.05) is 38.1 Å². The van der Waals surface area contributed by atoms with Gasteiger partial charge in [0.25, 0.3) is 0 Å². The molecular weight excluding hydrogens is 525 g/mol. The lowest BCUT2D eigenvalue weighted by atomic mass is 9.95. The molecule has 0 saturated heterocycles. The van der Waals surface area contributed by atoms with E-state index in [0.29, 0.717) is 21.7 Å². The summed E-state index contributed by atoms with van der Waals surface area (Å²) in [5, 5.41) is 0.746. The summed E-state index contributed by atoms with van der Waals surface area (Å²) in [6, 6.07) is 9.74. The van der Waals surface area contributed by atoms with E-state index in [1.807, 2.05) is 13.8 Å². The SMILES string of the molecule is CC(C)C(C)(C)OP(=O)(O)C(Cc1ccc(F)c(C(F)(F)F)c1)c1[nH]c2ccccc2c1Br. The first-order valence-electron chi connectivity index (χ1n) is 10.3. The van der Waals surface area contributed by atoms with Crippen LogP contribution in [0.5, 0.6) is 0 Å². The molecule has 0 fully saturated rings. The van der Waals surface area contributed by atoms with E-state index in [1.54, 1.807) is 38.1 Å². The number of rotatable bonds is 7. The fraction of sp³-hybridized carbons (Fsp3) is 0.391. The van der Waals surface area contributed by atoms with Gasteiger partial charge in [-0.15, -0.1) is 0 Å². The van der Waals surface area contributed by atoms with Crippen LogP contribution in [0.1, 0.15) is 50.2 Å². The second-order valence-corrected chi connectivity index (χ2v) is 11.6. The van der Waals surface area contributed by atoms with E-state index in [4.69, 9.17) is 4.52 Å². The van der Waals surface area contributed by atoms with Gasteiger partial charge in [-0.2, -0.15) is 13.2 Å². The van der Waals surface area contributed by atoms with Crippen LogP contribution >= 0.6 is 23.5 Å². The van der Waals surface area contributed by atoms with Crippen molar-refractivity contribution in [3.63, 3.8) is 0 Å². The Morgan fingerprint density at radius 3 is 2.36 bits per heavy atom. The molecule has 10 heteroatoms. The number of H-pyrrole nitrogens is 1. The third-order valence-electron chi connectivity index (χ3n) is 5.92. The third kappa shape index (κ3) is 5.53. The van der Waals surface area contributed by atoms with Crippen LogP contribution in [0.2, 0.25) is 0 Å². The van der Waals surface area contributed by atoms with E-state index in [1.165, 1.54) is 6.07 Å². The number of nitrogens with one attached hydrogen (secondary N) is 1. The molecule has 180 valence electrons. The zero-order valence-corrected chi connectivity index (χ0v) is 21.0. The molecule has 4 nitrogen and oxygen atoms in total. The lowest BCUT2D eigenvalue weighted by Crippen LogP contribution is -2.30. The minimum atomic E-state index is -4.89. The zero-order valence-electron chi connectivity index (χ0n) is 18.5. The largest absolute Gasteiger partial charge is 0.419 e. The van der Waals surface area contributed by atoms with E-state index in [-0.39, 0.29) is 17.9 Å². The maximum atomic E-state index is 13.8. The molecule has 1 aromatic heterocycles. The first-order chi connectivity index (χ1) is 15.1. The van der Waals surface area contributed by atoms with Crippen molar-refractivity contribution in [2.24, 2.45) is 5.92 Å². The van der Waals surface area contributed by atoms with E-state index in [9.17, 15) is 27.0 Å². The Balaban J connectivity index is 2.14. The Bertz CT molecular complexity index is 1210. The van der Waals surface area contributed by atoms with Crippen LogP contribution in [0.4, 0.5) is 17.6 Å². The standard InChI is InChI=1S/C23H25BrF4NO3P/c1-13(2)22(3,4)32-33(30,31)19(21-20(24)15-7-5-6-8-18(15)29-21)12-14-9-10-17(25)16(11-14)23(26,27)28/h5-11,13,19,29H,12H2,1-4H3,(H,30,31). The second kappa shape index (κ2) is 9.17. The quantitative estimate of drug-likeness (QED) is 0.232. The normalized spacial score (nSPS) is 15.7. The fourth-order valence-corrected chi connectivity index (χ4v) is 6.26. The summed E-state index contributed by atoms with van der Waals surface area (Å²) in [5.41, 5.74) is -2.59. The van der Waals surface area contributed by atoms with Gasteiger partial charge in [-0.3, -0.25) is 4.57 Å². The number of aromatic nitrogens is 1. The number of alkyl halides is 3. The van der Waals surface area contributed by atoms with Gasteiger partial charge < -0.3 is 14.4 Å². The summed E-state index contributed by atoms with van der Waals surface area (Å²) >= 11 is 3.47. The first kappa shape index (κ1) is 25.9. The molecule has 0 spiro atoms. The first-order valence-corrected chi connectivity index (χ1v) is 12.7. The monoisotopic (exact) mass is 549 g/mol. The highest BCUT2D eigenvalue weighted by Gasteiger charge is 2.43. The van der Waals surface area contributed by atoms with Crippen LogP contribution in [0.3, 0.4) is 0 Å². The third-order valence-corrected chi connectivity index (χ3v) is 8.73. The Morgan fingerprint density at radius 2 is 1.79 bits per heavy atom. The summed E-state index contributed by atoms with van der Waals surface area (Å²) in [7, 11) is -4.45. The lowest BCUT2D eigenvalue weighted by molar-refractivity contribution is -0.140. The molecular formula is C23H25BrF4NO3P. The Kier molecular flexibility index (Phi) is 7.21. The molecule has 0 aliphatic carbocycles. The zero-order chi connectivity index (χ0) is 24.8. The predicted molar refractivity (Wildman–Crippen MR) is 124 cm³/mol. The predicted octanol–water partition coefficient (Wildman–Crippen LogP) is 8.01. The molecule has 0 radical (unpaired) electrons. The summed E-state index contributed by atoms with van der Waals surface area (Å²) in [6.45, 7) is 7.03. The van der Waals surface area contributed by atoms with Crippen LogP contribution in [0.25, 0.3) is 10.9 Å². The van der Waals surface area contributed by atoms with E-state index in [0.717, 1.165) is 11.5 Å². The highest BCUT2D eigenvalue weighted by Crippen LogP contribution is 2.62. The number of hydrogen-bond acceptors (Lipinski definition) is 2. The number of halogens is 5. The van der Waals surface area contributed by atoms with Crippen LogP contribution in [0, 0.1) is 11.7 Å². The fourth-order valence-electron chi connectivity index (χ4n) is 3.38. The van der Waals surface area contributed by atoms with Crippen molar-refractivity contribution in [1.29, 1.82) is 0 Å². The van der Waals surface area contributed by atoms with Gasteiger partial charge in [0.1, 0.15) is 11.5 Å². The average Bonchev–Trinajstić information content (AvgIpc) is 3.02. The minimum absolute atomic E-state index is 0.0551. The molecule has 0 amide bonds. The van der Waals surface area contributed by atoms with Gasteiger partial charge in [0, 0.05) is 21.1 Å². The molecule has 0 aliphatic heterocycles. The topological polar surface area (TPSA) is 62.3 Å². The molecule has 2 N–H and O–H groups in total. The molecule has 3 rings (SSSR count). The average molecular weight is 550 g/mol. The Labute approximate surface area is 198 Å². The number of aromatic amines is 1. The van der Waals surface area contributed by atoms with Crippen molar-refractivity contribution in [2.45, 2.75) is 51.6 Å². The molecule has 0 aliphatic rings. The molecule has 0 bridgehead atoms. The number of benzene rings is 2.